The predicted molar refractivity (Wildman–Crippen MR) is 108 cm³/mol. The lowest BCUT2D eigenvalue weighted by molar-refractivity contribution is -0.136. The van der Waals surface area contributed by atoms with Crippen LogP contribution < -0.4 is 16.4 Å². The summed E-state index contributed by atoms with van der Waals surface area (Å²) in [6.07, 6.45) is 4.19. The van der Waals surface area contributed by atoms with Crippen LogP contribution in [0.3, 0.4) is 0 Å². The number of hydrogen-bond acceptors (Lipinski definition) is 4. The molecule has 0 aromatic heterocycles. The van der Waals surface area contributed by atoms with Gasteiger partial charge in [-0.25, -0.2) is 4.79 Å². The molecule has 0 aromatic carbocycles. The van der Waals surface area contributed by atoms with E-state index in [1.807, 2.05) is 0 Å². The first-order chi connectivity index (χ1) is 11.9. The highest BCUT2D eigenvalue weighted by atomic mass is 35.5. The molecular weight excluding hydrogens is 368 g/mol. The van der Waals surface area contributed by atoms with Crippen molar-refractivity contribution in [1.82, 2.24) is 15.5 Å². The highest BCUT2D eigenvalue weighted by Gasteiger charge is 2.53. The van der Waals surface area contributed by atoms with Crippen LogP contribution in [0.1, 0.15) is 66.7 Å². The summed E-state index contributed by atoms with van der Waals surface area (Å²) in [7, 11) is 0. The molecule has 7 nitrogen and oxygen atoms in total. The molecule has 1 heterocycles. The number of imide groups is 1. The lowest BCUT2D eigenvalue weighted by Crippen LogP contribution is -2.51. The molecule has 4 amide bonds. The van der Waals surface area contributed by atoms with Gasteiger partial charge in [-0.15, -0.1) is 12.4 Å². The summed E-state index contributed by atoms with van der Waals surface area (Å²) >= 11 is 0. The van der Waals surface area contributed by atoms with Crippen LogP contribution in [-0.2, 0) is 9.59 Å². The summed E-state index contributed by atoms with van der Waals surface area (Å²) < 4.78 is 0. The highest BCUT2D eigenvalue weighted by Crippen LogP contribution is 2.45. The molecule has 4 N–H and O–H groups in total. The SMILES string of the molecule is CCC(C)(C)C1CCC2(CC1)NC(=O)N(CC(=O)NCC(C)(C)N)C2=O.Cl. The van der Waals surface area contributed by atoms with Gasteiger partial charge < -0.3 is 16.4 Å². The summed E-state index contributed by atoms with van der Waals surface area (Å²) in [6.45, 7) is 10.3. The van der Waals surface area contributed by atoms with Crippen LogP contribution >= 0.6 is 12.4 Å². The normalized spacial score (nSPS) is 26.0. The van der Waals surface area contributed by atoms with Gasteiger partial charge in [-0.3, -0.25) is 14.5 Å². The first kappa shape index (κ1) is 23.7. The van der Waals surface area contributed by atoms with E-state index in [9.17, 15) is 14.4 Å². The first-order valence-electron chi connectivity index (χ1n) is 9.60. The molecule has 2 aliphatic rings. The summed E-state index contributed by atoms with van der Waals surface area (Å²) in [5.74, 6) is -0.0887. The van der Waals surface area contributed by atoms with Crippen molar-refractivity contribution in [1.29, 1.82) is 0 Å². The van der Waals surface area contributed by atoms with Gasteiger partial charge in [-0.2, -0.15) is 0 Å². The van der Waals surface area contributed by atoms with Crippen molar-refractivity contribution in [3.63, 3.8) is 0 Å². The molecule has 27 heavy (non-hydrogen) atoms. The Morgan fingerprint density at radius 1 is 1.26 bits per heavy atom. The Balaban J connectivity index is 0.00000364. The fourth-order valence-electron chi connectivity index (χ4n) is 3.87. The average Bonchev–Trinajstić information content (AvgIpc) is 2.77. The fourth-order valence-corrected chi connectivity index (χ4v) is 3.87. The van der Waals surface area contributed by atoms with Crippen molar-refractivity contribution >= 4 is 30.3 Å². The van der Waals surface area contributed by atoms with E-state index in [1.54, 1.807) is 13.8 Å². The fraction of sp³-hybridized carbons (Fsp3) is 0.842. The van der Waals surface area contributed by atoms with E-state index in [0.717, 1.165) is 24.2 Å². The molecule has 156 valence electrons. The largest absolute Gasteiger partial charge is 0.353 e. The predicted octanol–water partition coefficient (Wildman–Crippen LogP) is 2.18. The van der Waals surface area contributed by atoms with E-state index in [2.05, 4.69) is 31.4 Å². The zero-order valence-corrected chi connectivity index (χ0v) is 18.0. The molecule has 1 aliphatic carbocycles. The first-order valence-corrected chi connectivity index (χ1v) is 9.60. The van der Waals surface area contributed by atoms with Crippen LogP contribution in [0.15, 0.2) is 0 Å². The number of amides is 4. The van der Waals surface area contributed by atoms with E-state index in [0.29, 0.717) is 18.8 Å². The average molecular weight is 403 g/mol. The van der Waals surface area contributed by atoms with Crippen molar-refractivity contribution in [3.8, 4) is 0 Å². The Bertz CT molecular complexity index is 578. The number of nitrogens with two attached hydrogens (primary N) is 1. The Morgan fingerprint density at radius 2 is 1.81 bits per heavy atom. The minimum Gasteiger partial charge on any atom is -0.353 e. The number of nitrogens with zero attached hydrogens (tertiary/aromatic N) is 1. The molecule has 0 bridgehead atoms. The number of carbonyl (C=O) groups excluding carboxylic acids is 3. The van der Waals surface area contributed by atoms with Crippen molar-refractivity contribution in [2.75, 3.05) is 13.1 Å². The summed E-state index contributed by atoms with van der Waals surface area (Å²) in [4.78, 5) is 38.3. The van der Waals surface area contributed by atoms with Gasteiger partial charge in [-0.05, 0) is 50.9 Å². The second-order valence-corrected chi connectivity index (χ2v) is 9.29. The number of halogens is 1. The number of carbonyl (C=O) groups is 3. The van der Waals surface area contributed by atoms with Gasteiger partial charge in [0.1, 0.15) is 12.1 Å². The van der Waals surface area contributed by atoms with E-state index in [4.69, 9.17) is 5.73 Å². The minimum absolute atomic E-state index is 0. The molecule has 2 fully saturated rings. The maximum Gasteiger partial charge on any atom is 0.325 e. The zero-order chi connectivity index (χ0) is 19.8. The van der Waals surface area contributed by atoms with Gasteiger partial charge in [0.05, 0.1) is 0 Å². The molecule has 2 rings (SSSR count). The van der Waals surface area contributed by atoms with Crippen LogP contribution in [0.25, 0.3) is 0 Å². The van der Waals surface area contributed by atoms with Crippen LogP contribution in [-0.4, -0.2) is 46.9 Å². The molecule has 0 radical (unpaired) electrons. The zero-order valence-electron chi connectivity index (χ0n) is 17.2. The van der Waals surface area contributed by atoms with Gasteiger partial charge in [0, 0.05) is 12.1 Å². The van der Waals surface area contributed by atoms with Gasteiger partial charge in [0.2, 0.25) is 5.91 Å². The Hall–Kier alpha value is -1.34. The second-order valence-electron chi connectivity index (χ2n) is 9.29. The van der Waals surface area contributed by atoms with Gasteiger partial charge in [-0.1, -0.05) is 27.2 Å². The summed E-state index contributed by atoms with van der Waals surface area (Å²) in [5, 5.41) is 5.55. The van der Waals surface area contributed by atoms with Crippen molar-refractivity contribution in [3.05, 3.63) is 0 Å². The molecular formula is C19H35ClN4O3. The second kappa shape index (κ2) is 8.35. The van der Waals surface area contributed by atoms with E-state index in [1.165, 1.54) is 0 Å². The standard InChI is InChI=1S/C19H34N4O3.ClH/c1-6-17(2,3)13-7-9-19(10-8-13)15(25)23(16(26)22-19)11-14(24)21-12-18(4,5)20;/h13H,6-12,20H2,1-5H3,(H,21,24)(H,22,26);1H. The third-order valence-electron chi connectivity index (χ3n) is 6.14. The third kappa shape index (κ3) is 5.35. The lowest BCUT2D eigenvalue weighted by Gasteiger charge is -2.42. The lowest BCUT2D eigenvalue weighted by atomic mass is 9.65. The maximum atomic E-state index is 12.9. The highest BCUT2D eigenvalue weighted by molar-refractivity contribution is 6.09. The molecule has 1 saturated carbocycles. The quantitative estimate of drug-likeness (QED) is 0.592. The van der Waals surface area contributed by atoms with Gasteiger partial charge in [0.25, 0.3) is 5.91 Å². The monoisotopic (exact) mass is 402 g/mol. The third-order valence-corrected chi connectivity index (χ3v) is 6.14. The molecule has 0 unspecified atom stereocenters. The topological polar surface area (TPSA) is 105 Å². The Labute approximate surface area is 168 Å². The van der Waals surface area contributed by atoms with E-state index < -0.39 is 17.1 Å². The van der Waals surface area contributed by atoms with Gasteiger partial charge in [0.15, 0.2) is 0 Å². The number of rotatable bonds is 6. The number of nitrogens with one attached hydrogen (secondary N) is 2. The van der Waals surface area contributed by atoms with Crippen molar-refractivity contribution in [2.24, 2.45) is 17.1 Å². The smallest absolute Gasteiger partial charge is 0.325 e. The maximum absolute atomic E-state index is 12.9. The minimum atomic E-state index is -0.829. The van der Waals surface area contributed by atoms with Crippen LogP contribution in [0.5, 0.6) is 0 Å². The molecule has 1 aliphatic heterocycles. The number of hydrogen-bond donors (Lipinski definition) is 3. The van der Waals surface area contributed by atoms with Crippen molar-refractivity contribution in [2.45, 2.75) is 77.8 Å². The van der Waals surface area contributed by atoms with E-state index in [-0.39, 0.29) is 42.7 Å². The van der Waals surface area contributed by atoms with Crippen LogP contribution in [0.4, 0.5) is 4.79 Å². The van der Waals surface area contributed by atoms with Crippen LogP contribution in [0.2, 0.25) is 0 Å². The van der Waals surface area contributed by atoms with E-state index >= 15 is 0 Å². The van der Waals surface area contributed by atoms with Crippen molar-refractivity contribution < 1.29 is 14.4 Å². The molecule has 8 heteroatoms. The molecule has 1 spiro atoms. The summed E-state index contributed by atoms with van der Waals surface area (Å²) in [6, 6.07) is -0.467. The molecule has 0 aromatic rings. The summed E-state index contributed by atoms with van der Waals surface area (Å²) in [5.41, 5.74) is 4.71. The molecule has 1 saturated heterocycles. The molecule has 0 atom stereocenters. The number of urea groups is 1. The Kier molecular flexibility index (Phi) is 7.33. The van der Waals surface area contributed by atoms with Crippen LogP contribution in [0, 0.1) is 11.3 Å². The van der Waals surface area contributed by atoms with Gasteiger partial charge >= 0.3 is 6.03 Å². The Morgan fingerprint density at radius 3 is 2.30 bits per heavy atom.